The van der Waals surface area contributed by atoms with Gasteiger partial charge in [0.25, 0.3) is 0 Å². The van der Waals surface area contributed by atoms with Gasteiger partial charge in [-0.25, -0.2) is 8.42 Å². The maximum absolute atomic E-state index is 13.6. The molecule has 1 heterocycles. The van der Waals surface area contributed by atoms with Crippen LogP contribution < -0.4 is 9.47 Å². The minimum absolute atomic E-state index is 0.247. The van der Waals surface area contributed by atoms with Crippen LogP contribution in [0.3, 0.4) is 0 Å². The molecule has 33 heavy (non-hydrogen) atoms. The summed E-state index contributed by atoms with van der Waals surface area (Å²) in [4.78, 5) is 0.297. The van der Waals surface area contributed by atoms with Gasteiger partial charge >= 0.3 is 0 Å². The van der Waals surface area contributed by atoms with Crippen LogP contribution in [-0.4, -0.2) is 43.3 Å². The number of sulfonamides is 1. The maximum atomic E-state index is 13.6. The number of nitrogens with zero attached hydrogens (tertiary/aromatic N) is 3. The number of methoxy groups -OCH3 is 2. The molecule has 8 heteroatoms. The third kappa shape index (κ3) is 5.94. The predicted octanol–water partition coefficient (Wildman–Crippen LogP) is 4.38. The normalized spacial score (nSPS) is 12.7. The van der Waals surface area contributed by atoms with E-state index >= 15 is 0 Å². The molecule has 0 radical (unpaired) electrons. The highest BCUT2D eigenvalue weighted by molar-refractivity contribution is 7.89. The summed E-state index contributed by atoms with van der Waals surface area (Å²) in [5.41, 5.74) is 2.94. The van der Waals surface area contributed by atoms with Gasteiger partial charge in [-0.05, 0) is 54.2 Å². The predicted molar refractivity (Wildman–Crippen MR) is 129 cm³/mol. The van der Waals surface area contributed by atoms with Crippen LogP contribution in [0.25, 0.3) is 0 Å². The van der Waals surface area contributed by atoms with Gasteiger partial charge in [-0.1, -0.05) is 32.0 Å². The number of hydrogen-bond acceptors (Lipinski definition) is 5. The molecule has 0 saturated heterocycles. The molecule has 0 N–H and O–H groups in total. The fourth-order valence-corrected chi connectivity index (χ4v) is 5.11. The van der Waals surface area contributed by atoms with Crippen molar-refractivity contribution in [3.05, 3.63) is 71.5 Å². The molecule has 0 aliphatic heterocycles. The van der Waals surface area contributed by atoms with Crippen molar-refractivity contribution in [2.45, 2.75) is 44.0 Å². The maximum Gasteiger partial charge on any atom is 0.243 e. The summed E-state index contributed by atoms with van der Waals surface area (Å²) in [6, 6.07) is 12.9. The number of aromatic nitrogens is 2. The average molecular weight is 472 g/mol. The van der Waals surface area contributed by atoms with Crippen molar-refractivity contribution in [1.29, 1.82) is 0 Å². The van der Waals surface area contributed by atoms with E-state index in [-0.39, 0.29) is 6.54 Å². The van der Waals surface area contributed by atoms with Gasteiger partial charge in [0.1, 0.15) is 0 Å². The van der Waals surface area contributed by atoms with E-state index in [2.05, 4.69) is 18.9 Å². The largest absolute Gasteiger partial charge is 0.493 e. The van der Waals surface area contributed by atoms with Crippen LogP contribution in [0.2, 0.25) is 0 Å². The van der Waals surface area contributed by atoms with E-state index in [1.54, 1.807) is 37.2 Å². The lowest BCUT2D eigenvalue weighted by Crippen LogP contribution is -2.32. The second-order valence-corrected chi connectivity index (χ2v) is 10.1. The summed E-state index contributed by atoms with van der Waals surface area (Å²) in [7, 11) is 1.30. The second-order valence-electron chi connectivity index (χ2n) is 8.18. The molecule has 0 saturated carbocycles. The smallest absolute Gasteiger partial charge is 0.243 e. The number of hydrogen-bond donors (Lipinski definition) is 0. The van der Waals surface area contributed by atoms with Gasteiger partial charge in [0.15, 0.2) is 11.5 Å². The first-order valence-electron chi connectivity index (χ1n) is 11.1. The molecule has 2 aromatic carbocycles. The third-order valence-corrected chi connectivity index (χ3v) is 7.77. The monoisotopic (exact) mass is 471 g/mol. The molecule has 1 atom stereocenters. The topological polar surface area (TPSA) is 73.7 Å². The first-order chi connectivity index (χ1) is 15.8. The zero-order valence-electron chi connectivity index (χ0n) is 20.0. The van der Waals surface area contributed by atoms with Crippen molar-refractivity contribution in [2.75, 3.05) is 20.8 Å². The van der Waals surface area contributed by atoms with Crippen molar-refractivity contribution in [3.8, 4) is 11.5 Å². The van der Waals surface area contributed by atoms with E-state index in [4.69, 9.17) is 9.47 Å². The van der Waals surface area contributed by atoms with Crippen molar-refractivity contribution < 1.29 is 17.9 Å². The first kappa shape index (κ1) is 24.8. The molecule has 0 spiro atoms. The summed E-state index contributed by atoms with van der Waals surface area (Å²) in [6.45, 7) is 4.83. The Morgan fingerprint density at radius 1 is 1.03 bits per heavy atom. The Hall–Kier alpha value is -2.84. The van der Waals surface area contributed by atoms with Gasteiger partial charge in [0.05, 0.1) is 25.3 Å². The van der Waals surface area contributed by atoms with Crippen molar-refractivity contribution in [1.82, 2.24) is 14.1 Å². The van der Waals surface area contributed by atoms with Gasteiger partial charge < -0.3 is 9.47 Å². The van der Waals surface area contributed by atoms with Gasteiger partial charge in [0.2, 0.25) is 10.0 Å². The molecule has 7 nitrogen and oxygen atoms in total. The lowest BCUT2D eigenvalue weighted by molar-refractivity contribution is 0.354. The summed E-state index contributed by atoms with van der Waals surface area (Å²) >= 11 is 0. The van der Waals surface area contributed by atoms with Gasteiger partial charge in [-0.3, -0.25) is 4.68 Å². The summed E-state index contributed by atoms with van der Waals surface area (Å²) in [5.74, 6) is 1.65. The van der Waals surface area contributed by atoms with Crippen LogP contribution in [0.5, 0.6) is 11.5 Å². The SMILES string of the molecule is CCC(C)c1ccc(S(=O)(=O)N(CCc2ccc(OC)c(OC)c2)Cc2cnn(C)c2)cc1. The quantitative estimate of drug-likeness (QED) is 0.415. The summed E-state index contributed by atoms with van der Waals surface area (Å²) < 4.78 is 41.1. The zero-order chi connectivity index (χ0) is 24.0. The van der Waals surface area contributed by atoms with E-state index in [9.17, 15) is 8.42 Å². The van der Waals surface area contributed by atoms with Gasteiger partial charge in [0, 0.05) is 31.9 Å². The van der Waals surface area contributed by atoms with Crippen molar-refractivity contribution in [3.63, 3.8) is 0 Å². The molecule has 3 aromatic rings. The molecule has 0 bridgehead atoms. The fourth-order valence-electron chi connectivity index (χ4n) is 3.68. The minimum Gasteiger partial charge on any atom is -0.493 e. The Morgan fingerprint density at radius 2 is 1.73 bits per heavy atom. The molecule has 0 amide bonds. The van der Waals surface area contributed by atoms with Crippen LogP contribution >= 0.6 is 0 Å². The Balaban J connectivity index is 1.87. The highest BCUT2D eigenvalue weighted by Gasteiger charge is 2.25. The molecule has 0 aliphatic rings. The molecular weight excluding hydrogens is 438 g/mol. The Labute approximate surface area is 197 Å². The Morgan fingerprint density at radius 3 is 2.30 bits per heavy atom. The molecule has 1 unspecified atom stereocenters. The van der Waals surface area contributed by atoms with Crippen LogP contribution in [0.1, 0.15) is 42.9 Å². The zero-order valence-corrected chi connectivity index (χ0v) is 20.8. The van der Waals surface area contributed by atoms with Gasteiger partial charge in [-0.15, -0.1) is 0 Å². The van der Waals surface area contributed by atoms with Crippen LogP contribution in [-0.2, 0) is 30.0 Å². The standard InChI is InChI=1S/C25H33N3O4S/c1-6-19(2)22-8-10-23(11-9-22)33(29,30)28(18-21-16-26-27(3)17-21)14-13-20-7-12-24(31-4)25(15-20)32-5/h7-12,15-17,19H,6,13-14,18H2,1-5H3. The number of rotatable bonds is 11. The van der Waals surface area contributed by atoms with Crippen LogP contribution in [0.15, 0.2) is 59.8 Å². The molecule has 1 aromatic heterocycles. The van der Waals surface area contributed by atoms with Crippen molar-refractivity contribution in [2.24, 2.45) is 7.05 Å². The summed E-state index contributed by atoms with van der Waals surface area (Å²) in [5, 5.41) is 4.19. The lowest BCUT2D eigenvalue weighted by atomic mass is 9.99. The van der Waals surface area contributed by atoms with E-state index in [0.29, 0.717) is 35.3 Å². The highest BCUT2D eigenvalue weighted by Crippen LogP contribution is 2.28. The number of ether oxygens (including phenoxy) is 2. The number of benzene rings is 2. The van der Waals surface area contributed by atoms with E-state index in [1.165, 1.54) is 4.31 Å². The van der Waals surface area contributed by atoms with Gasteiger partial charge in [-0.2, -0.15) is 9.40 Å². The van der Waals surface area contributed by atoms with Crippen molar-refractivity contribution >= 4 is 10.0 Å². The second kappa shape index (κ2) is 10.9. The van der Waals surface area contributed by atoms with E-state index < -0.39 is 10.0 Å². The lowest BCUT2D eigenvalue weighted by Gasteiger charge is -2.22. The van der Waals surface area contributed by atoms with E-state index in [1.807, 2.05) is 43.6 Å². The number of aryl methyl sites for hydroxylation is 1. The molecule has 0 aliphatic carbocycles. The highest BCUT2D eigenvalue weighted by atomic mass is 32.2. The molecule has 0 fully saturated rings. The molecule has 178 valence electrons. The third-order valence-electron chi connectivity index (χ3n) is 5.91. The summed E-state index contributed by atoms with van der Waals surface area (Å²) in [6.07, 6.45) is 5.07. The fraction of sp³-hybridized carbons (Fsp3) is 0.400. The molecule has 3 rings (SSSR count). The average Bonchev–Trinajstić information content (AvgIpc) is 3.25. The van der Waals surface area contributed by atoms with Crippen LogP contribution in [0.4, 0.5) is 0 Å². The van der Waals surface area contributed by atoms with E-state index in [0.717, 1.165) is 23.1 Å². The Bertz CT molecular complexity index is 1160. The first-order valence-corrected chi connectivity index (χ1v) is 12.5. The minimum atomic E-state index is -3.70. The molecular formula is C25H33N3O4S. The van der Waals surface area contributed by atoms with Crippen LogP contribution in [0, 0.1) is 0 Å². The Kier molecular flexibility index (Phi) is 8.15.